The molecular formula is C15H17ClN2O2S. The van der Waals surface area contributed by atoms with Gasteiger partial charge in [0.05, 0.1) is 16.3 Å². The second kappa shape index (κ2) is 5.89. The molecule has 0 spiro atoms. The molecule has 3 rings (SSSR count). The fourth-order valence-electron chi connectivity index (χ4n) is 3.12. The van der Waals surface area contributed by atoms with Crippen LogP contribution in [0.5, 0.6) is 0 Å². The van der Waals surface area contributed by atoms with Crippen LogP contribution in [0.2, 0.25) is 5.02 Å². The Morgan fingerprint density at radius 1 is 1.52 bits per heavy atom. The zero-order valence-electron chi connectivity index (χ0n) is 11.8. The highest BCUT2D eigenvalue weighted by Crippen LogP contribution is 2.41. The first-order valence-electron chi connectivity index (χ1n) is 7.09. The van der Waals surface area contributed by atoms with E-state index in [2.05, 4.69) is 16.5 Å². The van der Waals surface area contributed by atoms with Gasteiger partial charge in [-0.1, -0.05) is 42.8 Å². The standard InChI is InChI=1S/C15H17ClN2O2S/c1-9-4-2-6-11(9)18-12-7-3-5-10(16)14(12)17-15(18)21-8-13(19)20/h3,5,7,9,11H,2,4,6,8H2,1H3,(H,19,20). The van der Waals surface area contributed by atoms with E-state index in [0.717, 1.165) is 22.6 Å². The number of aliphatic carboxylic acids is 1. The molecule has 0 aliphatic heterocycles. The fraction of sp³-hybridized carbons (Fsp3) is 0.467. The molecule has 1 fully saturated rings. The molecule has 112 valence electrons. The van der Waals surface area contributed by atoms with Crippen LogP contribution < -0.4 is 0 Å². The zero-order valence-corrected chi connectivity index (χ0v) is 13.3. The molecule has 2 unspecified atom stereocenters. The van der Waals surface area contributed by atoms with Crippen LogP contribution in [0.1, 0.15) is 32.2 Å². The monoisotopic (exact) mass is 324 g/mol. The Kier molecular flexibility index (Phi) is 4.13. The molecular weight excluding hydrogens is 308 g/mol. The Balaban J connectivity index is 2.11. The number of rotatable bonds is 4. The highest BCUT2D eigenvalue weighted by molar-refractivity contribution is 7.99. The van der Waals surface area contributed by atoms with Crippen molar-refractivity contribution in [3.05, 3.63) is 23.2 Å². The van der Waals surface area contributed by atoms with Crippen molar-refractivity contribution in [2.75, 3.05) is 5.75 Å². The molecule has 2 aromatic rings. The molecule has 1 aromatic heterocycles. The third kappa shape index (κ3) is 2.77. The number of carbonyl (C=O) groups is 1. The molecule has 0 bridgehead atoms. The number of benzene rings is 1. The zero-order chi connectivity index (χ0) is 15.0. The SMILES string of the molecule is CC1CCCC1n1c(SCC(=O)O)nc2c(Cl)cccc21. The van der Waals surface area contributed by atoms with Gasteiger partial charge in [0.25, 0.3) is 0 Å². The van der Waals surface area contributed by atoms with Crippen molar-refractivity contribution in [3.8, 4) is 0 Å². The summed E-state index contributed by atoms with van der Waals surface area (Å²) >= 11 is 7.52. The molecule has 1 aliphatic carbocycles. The van der Waals surface area contributed by atoms with E-state index in [9.17, 15) is 4.79 Å². The average molecular weight is 325 g/mol. The van der Waals surface area contributed by atoms with Gasteiger partial charge in [0.15, 0.2) is 5.16 Å². The summed E-state index contributed by atoms with van der Waals surface area (Å²) in [4.78, 5) is 15.5. The summed E-state index contributed by atoms with van der Waals surface area (Å²) in [5.74, 6) is -0.239. The van der Waals surface area contributed by atoms with Gasteiger partial charge >= 0.3 is 5.97 Å². The minimum absolute atomic E-state index is 0.0159. The Labute approximate surface area is 132 Å². The maximum Gasteiger partial charge on any atom is 0.313 e. The number of imidazole rings is 1. The van der Waals surface area contributed by atoms with E-state index in [4.69, 9.17) is 16.7 Å². The minimum Gasteiger partial charge on any atom is -0.481 e. The number of hydrogen-bond donors (Lipinski definition) is 1. The van der Waals surface area contributed by atoms with E-state index in [1.54, 1.807) is 0 Å². The Bertz CT molecular complexity index is 686. The normalized spacial score (nSPS) is 22.0. The van der Waals surface area contributed by atoms with Gasteiger partial charge in [-0.2, -0.15) is 0 Å². The average Bonchev–Trinajstić information content (AvgIpc) is 3.00. The van der Waals surface area contributed by atoms with Gasteiger partial charge in [0.1, 0.15) is 5.52 Å². The van der Waals surface area contributed by atoms with E-state index < -0.39 is 5.97 Å². The number of hydrogen-bond acceptors (Lipinski definition) is 3. The number of para-hydroxylation sites is 1. The van der Waals surface area contributed by atoms with Crippen molar-refractivity contribution in [3.63, 3.8) is 0 Å². The van der Waals surface area contributed by atoms with Crippen LogP contribution in [-0.4, -0.2) is 26.4 Å². The number of nitrogens with zero attached hydrogens (tertiary/aromatic N) is 2. The number of halogens is 1. The van der Waals surface area contributed by atoms with Gasteiger partial charge in [-0.3, -0.25) is 4.79 Å². The summed E-state index contributed by atoms with van der Waals surface area (Å²) in [7, 11) is 0. The smallest absolute Gasteiger partial charge is 0.313 e. The second-order valence-corrected chi connectivity index (χ2v) is 6.88. The van der Waals surface area contributed by atoms with Crippen molar-refractivity contribution < 1.29 is 9.90 Å². The molecule has 0 saturated heterocycles. The molecule has 21 heavy (non-hydrogen) atoms. The van der Waals surface area contributed by atoms with E-state index >= 15 is 0 Å². The molecule has 2 atom stereocenters. The van der Waals surface area contributed by atoms with Crippen LogP contribution in [0.15, 0.2) is 23.4 Å². The van der Waals surface area contributed by atoms with Gasteiger partial charge in [0.2, 0.25) is 0 Å². The Morgan fingerprint density at radius 2 is 2.33 bits per heavy atom. The summed E-state index contributed by atoms with van der Waals surface area (Å²) < 4.78 is 2.20. The Hall–Kier alpha value is -1.20. The number of carboxylic acids is 1. The quantitative estimate of drug-likeness (QED) is 0.855. The lowest BCUT2D eigenvalue weighted by Crippen LogP contribution is -2.13. The highest BCUT2D eigenvalue weighted by atomic mass is 35.5. The van der Waals surface area contributed by atoms with Crippen molar-refractivity contribution in [1.82, 2.24) is 9.55 Å². The maximum atomic E-state index is 10.9. The summed E-state index contributed by atoms with van der Waals surface area (Å²) in [6.45, 7) is 2.25. The first kappa shape index (κ1) is 14.7. The third-order valence-electron chi connectivity index (χ3n) is 4.11. The molecule has 6 heteroatoms. The Morgan fingerprint density at radius 3 is 3.00 bits per heavy atom. The number of fused-ring (bicyclic) bond motifs is 1. The first-order chi connectivity index (χ1) is 10.1. The van der Waals surface area contributed by atoms with Gasteiger partial charge < -0.3 is 9.67 Å². The molecule has 1 N–H and O–H groups in total. The van der Waals surface area contributed by atoms with Crippen molar-refractivity contribution in [1.29, 1.82) is 0 Å². The predicted octanol–water partition coefficient (Wildman–Crippen LogP) is 4.23. The van der Waals surface area contributed by atoms with E-state index in [1.807, 2.05) is 18.2 Å². The molecule has 0 amide bonds. The van der Waals surface area contributed by atoms with E-state index in [-0.39, 0.29) is 5.75 Å². The molecule has 1 aliphatic rings. The van der Waals surface area contributed by atoms with Crippen LogP contribution in [0.3, 0.4) is 0 Å². The summed E-state index contributed by atoms with van der Waals surface area (Å²) in [6.07, 6.45) is 3.52. The second-order valence-electron chi connectivity index (χ2n) is 5.53. The number of carboxylic acid groups (broad SMARTS) is 1. The van der Waals surface area contributed by atoms with Gasteiger partial charge in [-0.15, -0.1) is 0 Å². The van der Waals surface area contributed by atoms with Gasteiger partial charge in [-0.25, -0.2) is 4.98 Å². The van der Waals surface area contributed by atoms with Crippen LogP contribution in [-0.2, 0) is 4.79 Å². The van der Waals surface area contributed by atoms with Gasteiger partial charge in [0, 0.05) is 6.04 Å². The molecule has 0 radical (unpaired) electrons. The van der Waals surface area contributed by atoms with Crippen LogP contribution in [0.4, 0.5) is 0 Å². The fourth-order valence-corrected chi connectivity index (χ4v) is 4.11. The predicted molar refractivity (Wildman–Crippen MR) is 85.2 cm³/mol. The summed E-state index contributed by atoms with van der Waals surface area (Å²) in [5, 5.41) is 10.3. The molecule has 1 saturated carbocycles. The lowest BCUT2D eigenvalue weighted by atomic mass is 10.1. The van der Waals surface area contributed by atoms with Crippen molar-refractivity contribution >= 4 is 40.4 Å². The lowest BCUT2D eigenvalue weighted by molar-refractivity contribution is -0.133. The highest BCUT2D eigenvalue weighted by Gasteiger charge is 2.29. The van der Waals surface area contributed by atoms with Crippen LogP contribution >= 0.6 is 23.4 Å². The maximum absolute atomic E-state index is 10.9. The lowest BCUT2D eigenvalue weighted by Gasteiger charge is -2.20. The molecule has 1 aromatic carbocycles. The topological polar surface area (TPSA) is 55.1 Å². The summed E-state index contributed by atoms with van der Waals surface area (Å²) in [6, 6.07) is 6.15. The largest absolute Gasteiger partial charge is 0.481 e. The third-order valence-corrected chi connectivity index (χ3v) is 5.35. The number of aromatic nitrogens is 2. The molecule has 4 nitrogen and oxygen atoms in total. The van der Waals surface area contributed by atoms with Crippen molar-refractivity contribution in [2.45, 2.75) is 37.4 Å². The summed E-state index contributed by atoms with van der Waals surface area (Å²) in [5.41, 5.74) is 1.78. The molecule has 1 heterocycles. The van der Waals surface area contributed by atoms with Crippen LogP contribution in [0.25, 0.3) is 11.0 Å². The first-order valence-corrected chi connectivity index (χ1v) is 8.45. The number of thioether (sulfide) groups is 1. The van der Waals surface area contributed by atoms with Crippen molar-refractivity contribution in [2.24, 2.45) is 5.92 Å². The van der Waals surface area contributed by atoms with Crippen LogP contribution in [0, 0.1) is 5.92 Å². The van der Waals surface area contributed by atoms with E-state index in [1.165, 1.54) is 24.6 Å². The van der Waals surface area contributed by atoms with E-state index in [0.29, 0.717) is 17.0 Å². The van der Waals surface area contributed by atoms with Gasteiger partial charge in [-0.05, 0) is 30.9 Å². The minimum atomic E-state index is -0.829.